The fourth-order valence-corrected chi connectivity index (χ4v) is 2.68. The lowest BCUT2D eigenvalue weighted by molar-refractivity contribution is -0.121. The smallest absolute Gasteiger partial charge is 0.262 e. The van der Waals surface area contributed by atoms with Gasteiger partial charge in [0.25, 0.3) is 5.91 Å². The van der Waals surface area contributed by atoms with Crippen LogP contribution in [0.5, 0.6) is 0 Å². The van der Waals surface area contributed by atoms with Crippen LogP contribution in [0.4, 0.5) is 5.69 Å². The SMILES string of the molecule is C[C@H](Nc1ccc2ccccc2c1)C(=O)N/N=C\c1ccc(Br)cc1. The standard InChI is InChI=1S/C20H18BrN3O/c1-14(20(25)24-22-13-15-6-9-18(21)10-7-15)23-19-11-8-16-4-2-3-5-17(16)12-19/h2-14,23H,1H3,(H,24,25)/b22-13-/t14-/m0/s1. The van der Waals surface area contributed by atoms with Crippen LogP contribution in [0, 0.1) is 0 Å². The molecule has 0 spiro atoms. The second kappa shape index (κ2) is 7.94. The Morgan fingerprint density at radius 3 is 2.52 bits per heavy atom. The van der Waals surface area contributed by atoms with Crippen molar-refractivity contribution in [2.45, 2.75) is 13.0 Å². The summed E-state index contributed by atoms with van der Waals surface area (Å²) < 4.78 is 1.00. The number of hydrogen-bond acceptors (Lipinski definition) is 3. The minimum absolute atomic E-state index is 0.193. The van der Waals surface area contributed by atoms with Crippen molar-refractivity contribution < 1.29 is 4.79 Å². The lowest BCUT2D eigenvalue weighted by atomic mass is 10.1. The van der Waals surface area contributed by atoms with Crippen LogP contribution in [0.1, 0.15) is 12.5 Å². The van der Waals surface area contributed by atoms with Crippen LogP contribution in [0.3, 0.4) is 0 Å². The number of hydrazone groups is 1. The van der Waals surface area contributed by atoms with E-state index in [1.807, 2.05) is 60.7 Å². The zero-order chi connectivity index (χ0) is 17.6. The Morgan fingerprint density at radius 1 is 1.04 bits per heavy atom. The topological polar surface area (TPSA) is 53.5 Å². The summed E-state index contributed by atoms with van der Waals surface area (Å²) in [6, 6.07) is 21.4. The van der Waals surface area contributed by atoms with E-state index in [1.165, 1.54) is 5.39 Å². The first kappa shape index (κ1) is 17.2. The summed E-state index contributed by atoms with van der Waals surface area (Å²) in [6.07, 6.45) is 1.62. The second-order valence-corrected chi connectivity index (χ2v) is 6.63. The third-order valence-electron chi connectivity index (χ3n) is 3.78. The number of hydrogen-bond donors (Lipinski definition) is 2. The summed E-state index contributed by atoms with van der Waals surface area (Å²) in [6.45, 7) is 1.81. The number of halogens is 1. The fourth-order valence-electron chi connectivity index (χ4n) is 2.41. The lowest BCUT2D eigenvalue weighted by Crippen LogP contribution is -2.34. The average molecular weight is 396 g/mol. The number of nitrogens with one attached hydrogen (secondary N) is 2. The van der Waals surface area contributed by atoms with Crippen LogP contribution < -0.4 is 10.7 Å². The largest absolute Gasteiger partial charge is 0.374 e. The molecule has 1 atom stereocenters. The van der Waals surface area contributed by atoms with E-state index < -0.39 is 6.04 Å². The van der Waals surface area contributed by atoms with Crippen molar-refractivity contribution in [3.63, 3.8) is 0 Å². The van der Waals surface area contributed by atoms with Crippen molar-refractivity contribution in [3.05, 3.63) is 76.8 Å². The highest BCUT2D eigenvalue weighted by Crippen LogP contribution is 2.19. The molecule has 0 aliphatic rings. The van der Waals surface area contributed by atoms with Gasteiger partial charge in [-0.3, -0.25) is 4.79 Å². The van der Waals surface area contributed by atoms with E-state index >= 15 is 0 Å². The predicted octanol–water partition coefficient (Wildman–Crippen LogP) is 4.55. The molecule has 3 rings (SSSR count). The van der Waals surface area contributed by atoms with Crippen molar-refractivity contribution in [1.29, 1.82) is 0 Å². The molecule has 4 nitrogen and oxygen atoms in total. The van der Waals surface area contributed by atoms with Crippen molar-refractivity contribution >= 4 is 44.5 Å². The van der Waals surface area contributed by atoms with Crippen molar-refractivity contribution in [2.75, 3.05) is 5.32 Å². The van der Waals surface area contributed by atoms with Crippen molar-refractivity contribution in [1.82, 2.24) is 5.43 Å². The van der Waals surface area contributed by atoms with E-state index in [0.29, 0.717) is 0 Å². The molecule has 0 aromatic heterocycles. The van der Waals surface area contributed by atoms with Gasteiger partial charge >= 0.3 is 0 Å². The maximum atomic E-state index is 12.2. The van der Waals surface area contributed by atoms with Gasteiger partial charge in [-0.1, -0.05) is 58.4 Å². The molecule has 0 saturated heterocycles. The van der Waals surface area contributed by atoms with Gasteiger partial charge in [-0.15, -0.1) is 0 Å². The van der Waals surface area contributed by atoms with Gasteiger partial charge in [0.1, 0.15) is 6.04 Å². The first-order valence-corrected chi connectivity index (χ1v) is 8.75. The molecule has 25 heavy (non-hydrogen) atoms. The summed E-state index contributed by atoms with van der Waals surface area (Å²) in [5, 5.41) is 9.51. The number of carbonyl (C=O) groups excluding carboxylic acids is 1. The molecule has 0 heterocycles. The molecule has 126 valence electrons. The minimum Gasteiger partial charge on any atom is -0.374 e. The zero-order valence-electron chi connectivity index (χ0n) is 13.7. The van der Waals surface area contributed by atoms with E-state index in [9.17, 15) is 4.79 Å². The highest BCUT2D eigenvalue weighted by molar-refractivity contribution is 9.10. The van der Waals surface area contributed by atoms with E-state index in [4.69, 9.17) is 0 Å². The van der Waals surface area contributed by atoms with Gasteiger partial charge in [0.2, 0.25) is 0 Å². The molecule has 0 aliphatic carbocycles. The number of carbonyl (C=O) groups is 1. The highest BCUT2D eigenvalue weighted by atomic mass is 79.9. The molecular formula is C20H18BrN3O. The molecule has 1 amide bonds. The third kappa shape index (κ3) is 4.67. The Balaban J connectivity index is 1.58. The summed E-state index contributed by atoms with van der Waals surface area (Å²) in [7, 11) is 0. The van der Waals surface area contributed by atoms with E-state index in [-0.39, 0.29) is 5.91 Å². The lowest BCUT2D eigenvalue weighted by Gasteiger charge is -2.14. The molecule has 0 radical (unpaired) electrons. The van der Waals surface area contributed by atoms with Crippen LogP contribution in [-0.2, 0) is 4.79 Å². The molecule has 3 aromatic rings. The summed E-state index contributed by atoms with van der Waals surface area (Å²) in [4.78, 5) is 12.2. The van der Waals surface area contributed by atoms with Crippen LogP contribution in [0.25, 0.3) is 10.8 Å². The van der Waals surface area contributed by atoms with Crippen LogP contribution >= 0.6 is 15.9 Å². The van der Waals surface area contributed by atoms with Crippen LogP contribution in [0.15, 0.2) is 76.3 Å². The monoisotopic (exact) mass is 395 g/mol. The molecule has 0 aliphatic heterocycles. The number of amides is 1. The number of anilines is 1. The molecule has 5 heteroatoms. The Morgan fingerprint density at radius 2 is 1.76 bits per heavy atom. The van der Waals surface area contributed by atoms with E-state index in [2.05, 4.69) is 37.8 Å². The van der Waals surface area contributed by atoms with Crippen molar-refractivity contribution in [2.24, 2.45) is 5.10 Å². The van der Waals surface area contributed by atoms with Gasteiger partial charge in [-0.2, -0.15) is 5.10 Å². The second-order valence-electron chi connectivity index (χ2n) is 5.71. The van der Waals surface area contributed by atoms with Crippen LogP contribution in [0.2, 0.25) is 0 Å². The number of benzene rings is 3. The first-order valence-electron chi connectivity index (χ1n) is 7.96. The highest BCUT2D eigenvalue weighted by Gasteiger charge is 2.11. The Bertz CT molecular complexity index is 906. The fraction of sp³-hybridized carbons (Fsp3) is 0.100. The maximum Gasteiger partial charge on any atom is 0.262 e. The van der Waals surface area contributed by atoms with Gasteiger partial charge in [0, 0.05) is 10.2 Å². The molecule has 3 aromatic carbocycles. The van der Waals surface area contributed by atoms with Gasteiger partial charge in [-0.05, 0) is 47.5 Å². The summed E-state index contributed by atoms with van der Waals surface area (Å²) >= 11 is 3.38. The minimum atomic E-state index is -0.400. The molecule has 0 unspecified atom stereocenters. The normalized spacial score (nSPS) is 12.2. The molecule has 0 saturated carbocycles. The Labute approximate surface area is 155 Å². The average Bonchev–Trinajstić information content (AvgIpc) is 2.63. The Kier molecular flexibility index (Phi) is 5.46. The number of rotatable bonds is 5. The van der Waals surface area contributed by atoms with Gasteiger partial charge in [0.15, 0.2) is 0 Å². The molecule has 0 fully saturated rings. The number of fused-ring (bicyclic) bond motifs is 1. The number of nitrogens with zero attached hydrogens (tertiary/aromatic N) is 1. The first-order chi connectivity index (χ1) is 12.1. The quantitative estimate of drug-likeness (QED) is 0.491. The Hall–Kier alpha value is -2.66. The van der Waals surface area contributed by atoms with Crippen molar-refractivity contribution in [3.8, 4) is 0 Å². The zero-order valence-corrected chi connectivity index (χ0v) is 15.3. The predicted molar refractivity (Wildman–Crippen MR) is 107 cm³/mol. The maximum absolute atomic E-state index is 12.2. The summed E-state index contributed by atoms with van der Waals surface area (Å²) in [5.41, 5.74) is 4.38. The van der Waals surface area contributed by atoms with Crippen LogP contribution in [-0.4, -0.2) is 18.2 Å². The molecule has 0 bridgehead atoms. The van der Waals surface area contributed by atoms with Gasteiger partial charge < -0.3 is 5.32 Å². The third-order valence-corrected chi connectivity index (χ3v) is 4.31. The van der Waals surface area contributed by atoms with Gasteiger partial charge in [-0.25, -0.2) is 5.43 Å². The van der Waals surface area contributed by atoms with Gasteiger partial charge in [0.05, 0.1) is 6.21 Å². The van der Waals surface area contributed by atoms with E-state index in [0.717, 1.165) is 21.1 Å². The summed E-state index contributed by atoms with van der Waals surface area (Å²) in [5.74, 6) is -0.193. The van der Waals surface area contributed by atoms with E-state index in [1.54, 1.807) is 13.1 Å². The molecule has 2 N–H and O–H groups in total. The molecular weight excluding hydrogens is 378 g/mol.